The molecule has 0 aromatic rings. The van der Waals surface area contributed by atoms with Crippen LogP contribution in [0.5, 0.6) is 0 Å². The Kier molecular flexibility index (Phi) is 23.4. The number of carbonyl (C=O) groups is 1. The maximum absolute atomic E-state index is 12.6. The Bertz CT molecular complexity index is 1490. The van der Waals surface area contributed by atoms with Gasteiger partial charge in [0.1, 0.15) is 12.2 Å². The van der Waals surface area contributed by atoms with Crippen molar-refractivity contribution in [2.24, 2.45) is 23.5 Å². The number of esters is 1. The molecule has 3 aliphatic rings. The lowest BCUT2D eigenvalue weighted by Crippen LogP contribution is -2.61. The van der Waals surface area contributed by atoms with E-state index in [1.165, 1.54) is 0 Å². The first-order valence-electron chi connectivity index (χ1n) is 22.4. The Balaban J connectivity index is 1.76. The van der Waals surface area contributed by atoms with Crippen LogP contribution in [0.1, 0.15) is 105 Å². The van der Waals surface area contributed by atoms with Crippen LogP contribution in [0.2, 0.25) is 0 Å². The van der Waals surface area contributed by atoms with E-state index in [0.717, 1.165) is 12.8 Å². The molecular formula is C47H77NO14. The van der Waals surface area contributed by atoms with Crippen LogP contribution < -0.4 is 5.73 Å². The maximum atomic E-state index is 12.6. The summed E-state index contributed by atoms with van der Waals surface area (Å²) in [5.41, 5.74) is 6.07. The van der Waals surface area contributed by atoms with Gasteiger partial charge in [-0.2, -0.15) is 0 Å². The molecule has 2 saturated heterocycles. The third-order valence-corrected chi connectivity index (χ3v) is 12.2. The number of fused-ring (bicyclic) bond motifs is 2. The van der Waals surface area contributed by atoms with Gasteiger partial charge in [-0.05, 0) is 58.8 Å². The summed E-state index contributed by atoms with van der Waals surface area (Å²) >= 11 is 0. The SMILES string of the molecule is C[C@@H]1[C@H](O)[C@@H](C)C=CC=CCCC=CC=CC=CC=C[C@H](O[C@@H]2O[C@H](C)[C@@H](O)[C@H](N)[C@@H]2O)C[C@@H]2O[C@](O)(C[C@@H](O)C[C@@H](O)CCC[C@@H](O)C[C@@H](O)CC(=O)O[C@H]1C)C[C@H](O)[C@H]2C. The minimum absolute atomic E-state index is 0.0855. The van der Waals surface area contributed by atoms with Crippen molar-refractivity contribution in [3.8, 4) is 0 Å². The summed E-state index contributed by atoms with van der Waals surface area (Å²) in [7, 11) is 0. The molecule has 18 atom stereocenters. The first-order valence-corrected chi connectivity index (χ1v) is 22.4. The summed E-state index contributed by atoms with van der Waals surface area (Å²) in [4.78, 5) is 12.6. The standard InChI is InChI=1S/C47H77NO14/c1-29-19-16-14-12-10-8-6-7-9-11-13-15-17-22-38(61-46-45(57)42(48)44(56)33(5)60-46)26-40-31(3)39(53)28-47(58,62-40)27-37(52)24-35(50)21-18-20-34(49)23-36(51)25-41(54)59-32(4)30(2)43(29)55/h6-7,9,11-17,19,22,29-40,42-46,49-53,55-58H,8,10,18,20-21,23-28,48H2,1-5H3/t29-,30-,31+,32-,33+,34+,35-,36+,37-,38-,39-,40-,42-,43+,44+,45-,46-,47+/m0/s1. The number of allylic oxidation sites excluding steroid dienone is 10. The lowest BCUT2D eigenvalue weighted by Gasteiger charge is -2.45. The summed E-state index contributed by atoms with van der Waals surface area (Å²) in [6.45, 7) is 8.76. The summed E-state index contributed by atoms with van der Waals surface area (Å²) < 4.78 is 23.7. The van der Waals surface area contributed by atoms with Gasteiger partial charge in [0.25, 0.3) is 0 Å². The maximum Gasteiger partial charge on any atom is 0.308 e. The van der Waals surface area contributed by atoms with E-state index in [0.29, 0.717) is 6.42 Å². The van der Waals surface area contributed by atoms with Gasteiger partial charge in [0.2, 0.25) is 0 Å². The number of cyclic esters (lactones) is 1. The highest BCUT2D eigenvalue weighted by Gasteiger charge is 2.47. The number of hydrogen-bond acceptors (Lipinski definition) is 15. The van der Waals surface area contributed by atoms with Gasteiger partial charge in [-0.1, -0.05) is 93.7 Å². The van der Waals surface area contributed by atoms with E-state index in [-0.39, 0.29) is 63.2 Å². The molecule has 15 nitrogen and oxygen atoms in total. The molecule has 0 spiro atoms. The number of carbonyl (C=O) groups excluding carboxylic acids is 1. The Labute approximate surface area is 367 Å². The Morgan fingerprint density at radius 3 is 1.90 bits per heavy atom. The Morgan fingerprint density at radius 2 is 1.24 bits per heavy atom. The predicted molar refractivity (Wildman–Crippen MR) is 234 cm³/mol. The second-order valence-electron chi connectivity index (χ2n) is 17.7. The van der Waals surface area contributed by atoms with Crippen molar-refractivity contribution in [3.63, 3.8) is 0 Å². The van der Waals surface area contributed by atoms with Gasteiger partial charge in [0.15, 0.2) is 12.1 Å². The molecule has 3 rings (SSSR count). The predicted octanol–water partition coefficient (Wildman–Crippen LogP) is 2.90. The lowest BCUT2D eigenvalue weighted by molar-refractivity contribution is -0.308. The average Bonchev–Trinajstić information content (AvgIpc) is 3.19. The minimum atomic E-state index is -1.95. The molecule has 3 heterocycles. The monoisotopic (exact) mass is 880 g/mol. The topological polar surface area (TPSA) is 262 Å². The van der Waals surface area contributed by atoms with Gasteiger partial charge in [0, 0.05) is 37.0 Å². The number of nitrogens with two attached hydrogens (primary N) is 1. The van der Waals surface area contributed by atoms with E-state index < -0.39 is 103 Å². The zero-order valence-corrected chi connectivity index (χ0v) is 37.2. The Hall–Kier alpha value is -2.61. The number of rotatable bonds is 2. The van der Waals surface area contributed by atoms with Crippen molar-refractivity contribution in [2.45, 2.75) is 197 Å². The molecule has 2 bridgehead atoms. The highest BCUT2D eigenvalue weighted by atomic mass is 16.7. The third kappa shape index (κ3) is 18.5. The second-order valence-corrected chi connectivity index (χ2v) is 17.7. The number of aliphatic hydroxyl groups excluding tert-OH is 8. The first-order chi connectivity index (χ1) is 29.3. The molecule has 11 N–H and O–H groups in total. The van der Waals surface area contributed by atoms with Crippen LogP contribution in [0.4, 0.5) is 0 Å². The van der Waals surface area contributed by atoms with Gasteiger partial charge >= 0.3 is 5.97 Å². The van der Waals surface area contributed by atoms with Crippen LogP contribution in [-0.2, 0) is 23.7 Å². The zero-order valence-electron chi connectivity index (χ0n) is 37.2. The summed E-state index contributed by atoms with van der Waals surface area (Å²) in [6.07, 6.45) is 11.3. The van der Waals surface area contributed by atoms with Crippen molar-refractivity contribution in [3.05, 3.63) is 72.9 Å². The quantitative estimate of drug-likeness (QED) is 0.179. The lowest BCUT2D eigenvalue weighted by atomic mass is 9.84. The zero-order chi connectivity index (χ0) is 46.0. The smallest absolute Gasteiger partial charge is 0.308 e. The molecule has 0 aromatic carbocycles. The van der Waals surface area contributed by atoms with E-state index in [2.05, 4.69) is 0 Å². The van der Waals surface area contributed by atoms with E-state index in [9.17, 15) is 50.8 Å². The minimum Gasteiger partial charge on any atom is -0.462 e. The summed E-state index contributed by atoms with van der Waals surface area (Å²) in [5, 5.41) is 97.4. The van der Waals surface area contributed by atoms with E-state index in [1.54, 1.807) is 45.9 Å². The van der Waals surface area contributed by atoms with Crippen molar-refractivity contribution in [1.29, 1.82) is 0 Å². The van der Waals surface area contributed by atoms with Gasteiger partial charge in [-0.3, -0.25) is 4.79 Å². The second kappa shape index (κ2) is 27.0. The highest BCUT2D eigenvalue weighted by Crippen LogP contribution is 2.37. The molecule has 354 valence electrons. The summed E-state index contributed by atoms with van der Waals surface area (Å²) in [5.74, 6) is -3.66. The third-order valence-electron chi connectivity index (χ3n) is 12.2. The molecule has 2 fully saturated rings. The van der Waals surface area contributed by atoms with E-state index in [1.807, 2.05) is 61.6 Å². The van der Waals surface area contributed by atoms with Gasteiger partial charge in [0.05, 0.1) is 73.5 Å². The molecule has 0 radical (unpaired) electrons. The van der Waals surface area contributed by atoms with Crippen molar-refractivity contribution < 1.29 is 69.7 Å². The van der Waals surface area contributed by atoms with Crippen molar-refractivity contribution in [1.82, 2.24) is 0 Å². The average molecular weight is 880 g/mol. The number of ether oxygens (including phenoxy) is 4. The van der Waals surface area contributed by atoms with Crippen LogP contribution in [0.15, 0.2) is 72.9 Å². The molecular weight excluding hydrogens is 803 g/mol. The molecule has 15 heteroatoms. The molecule has 0 amide bonds. The van der Waals surface area contributed by atoms with Crippen LogP contribution >= 0.6 is 0 Å². The fourth-order valence-electron chi connectivity index (χ4n) is 7.99. The van der Waals surface area contributed by atoms with Gasteiger partial charge in [-0.15, -0.1) is 0 Å². The fraction of sp³-hybridized carbons (Fsp3) is 0.723. The highest BCUT2D eigenvalue weighted by molar-refractivity contribution is 5.70. The molecule has 62 heavy (non-hydrogen) atoms. The summed E-state index contributed by atoms with van der Waals surface area (Å²) in [6, 6.07) is -1.02. The van der Waals surface area contributed by atoms with Gasteiger partial charge in [-0.25, -0.2) is 0 Å². The fourth-order valence-corrected chi connectivity index (χ4v) is 7.99. The van der Waals surface area contributed by atoms with Crippen LogP contribution in [0.25, 0.3) is 0 Å². The number of hydrogen-bond donors (Lipinski definition) is 10. The van der Waals surface area contributed by atoms with Crippen molar-refractivity contribution in [2.75, 3.05) is 0 Å². The molecule has 0 aromatic heterocycles. The van der Waals surface area contributed by atoms with Crippen LogP contribution in [0, 0.1) is 17.8 Å². The number of aliphatic hydroxyl groups is 9. The molecule has 3 aliphatic heterocycles. The molecule has 0 aliphatic carbocycles. The van der Waals surface area contributed by atoms with E-state index >= 15 is 0 Å². The molecule has 0 saturated carbocycles. The van der Waals surface area contributed by atoms with Gasteiger partial charge < -0.3 is 70.6 Å². The van der Waals surface area contributed by atoms with Crippen LogP contribution in [0.3, 0.4) is 0 Å². The Morgan fingerprint density at radius 1 is 0.661 bits per heavy atom. The van der Waals surface area contributed by atoms with Crippen LogP contribution in [-0.4, -0.2) is 143 Å². The first kappa shape index (κ1) is 53.7. The normalized spacial score (nSPS) is 42.6. The largest absolute Gasteiger partial charge is 0.462 e. The van der Waals surface area contributed by atoms with E-state index in [4.69, 9.17) is 24.7 Å². The van der Waals surface area contributed by atoms with Crippen molar-refractivity contribution >= 4 is 5.97 Å². The molecule has 0 unspecified atom stereocenters.